The van der Waals surface area contributed by atoms with E-state index in [-0.39, 0.29) is 24.2 Å². The Balaban J connectivity index is 2.19. The Bertz CT molecular complexity index is 601. The zero-order valence-corrected chi connectivity index (χ0v) is 12.5. The monoisotopic (exact) mass is 289 g/mol. The molecule has 0 radical (unpaired) electrons. The number of hydrogen-bond donors (Lipinski definition) is 1. The summed E-state index contributed by atoms with van der Waals surface area (Å²) in [5, 5.41) is 3.19. The predicted molar refractivity (Wildman–Crippen MR) is 81.2 cm³/mol. The van der Waals surface area contributed by atoms with Gasteiger partial charge in [0, 0.05) is 11.6 Å². The quantitative estimate of drug-likeness (QED) is 0.879. The molecule has 0 fully saturated rings. The number of hydrogen-bond acceptors (Lipinski definition) is 3. The first-order valence-corrected chi connectivity index (χ1v) is 6.87. The van der Waals surface area contributed by atoms with Crippen LogP contribution in [0.25, 0.3) is 0 Å². The first-order valence-electron chi connectivity index (χ1n) is 6.87. The van der Waals surface area contributed by atoms with Crippen LogP contribution in [-0.4, -0.2) is 14.2 Å². The highest BCUT2D eigenvalue weighted by atomic mass is 19.1. The van der Waals surface area contributed by atoms with Crippen LogP contribution in [0.15, 0.2) is 42.5 Å². The molecule has 0 saturated heterocycles. The number of nitrogens with one attached hydrogen (secondary N) is 1. The molecule has 112 valence electrons. The molecule has 0 aliphatic carbocycles. The predicted octanol–water partition coefficient (Wildman–Crippen LogP) is 3.69. The van der Waals surface area contributed by atoms with Gasteiger partial charge in [-0.15, -0.1) is 0 Å². The van der Waals surface area contributed by atoms with Gasteiger partial charge in [0.2, 0.25) is 0 Å². The van der Waals surface area contributed by atoms with Crippen LogP contribution in [0.5, 0.6) is 11.5 Å². The van der Waals surface area contributed by atoms with Gasteiger partial charge in [-0.05, 0) is 43.8 Å². The summed E-state index contributed by atoms with van der Waals surface area (Å²) in [4.78, 5) is 0. The van der Waals surface area contributed by atoms with Crippen LogP contribution in [0.3, 0.4) is 0 Å². The van der Waals surface area contributed by atoms with Crippen LogP contribution in [0.4, 0.5) is 4.39 Å². The Labute approximate surface area is 124 Å². The summed E-state index contributed by atoms with van der Waals surface area (Å²) in [7, 11) is 3.52. The van der Waals surface area contributed by atoms with Crippen molar-refractivity contribution in [2.24, 2.45) is 0 Å². The lowest BCUT2D eigenvalue weighted by atomic mass is 10.0. The van der Waals surface area contributed by atoms with Crippen molar-refractivity contribution >= 4 is 0 Å². The Morgan fingerprint density at radius 2 is 1.90 bits per heavy atom. The number of rotatable bonds is 6. The minimum Gasteiger partial charge on any atom is -0.496 e. The molecule has 2 aromatic carbocycles. The van der Waals surface area contributed by atoms with Crippen molar-refractivity contribution in [3.05, 3.63) is 59.4 Å². The molecule has 1 N–H and O–H groups in total. The SMILES string of the molecule is CNC(C)c1ccc(OC)c(COc2ccccc2F)c1. The van der Waals surface area contributed by atoms with E-state index in [1.165, 1.54) is 6.07 Å². The average Bonchev–Trinajstić information content (AvgIpc) is 2.53. The zero-order chi connectivity index (χ0) is 15.2. The Morgan fingerprint density at radius 3 is 2.57 bits per heavy atom. The van der Waals surface area contributed by atoms with Crippen molar-refractivity contribution in [2.45, 2.75) is 19.6 Å². The lowest BCUT2D eigenvalue weighted by Gasteiger charge is -2.15. The normalized spacial score (nSPS) is 12.0. The van der Waals surface area contributed by atoms with Gasteiger partial charge in [0.25, 0.3) is 0 Å². The largest absolute Gasteiger partial charge is 0.496 e. The maximum absolute atomic E-state index is 13.6. The molecule has 0 aliphatic heterocycles. The smallest absolute Gasteiger partial charge is 0.165 e. The number of methoxy groups -OCH3 is 1. The highest BCUT2D eigenvalue weighted by Crippen LogP contribution is 2.25. The Hall–Kier alpha value is -2.07. The number of halogens is 1. The van der Waals surface area contributed by atoms with Crippen molar-refractivity contribution < 1.29 is 13.9 Å². The molecule has 0 amide bonds. The van der Waals surface area contributed by atoms with E-state index in [0.717, 1.165) is 16.9 Å². The average molecular weight is 289 g/mol. The first-order chi connectivity index (χ1) is 10.2. The summed E-state index contributed by atoms with van der Waals surface area (Å²) in [5.41, 5.74) is 2.02. The summed E-state index contributed by atoms with van der Waals surface area (Å²) in [5.74, 6) is 0.612. The van der Waals surface area contributed by atoms with Crippen LogP contribution < -0.4 is 14.8 Å². The van der Waals surface area contributed by atoms with E-state index >= 15 is 0 Å². The van der Waals surface area contributed by atoms with E-state index in [9.17, 15) is 4.39 Å². The lowest BCUT2D eigenvalue weighted by molar-refractivity contribution is 0.282. The summed E-state index contributed by atoms with van der Waals surface area (Å²) in [6.45, 7) is 2.33. The Morgan fingerprint density at radius 1 is 1.14 bits per heavy atom. The number of para-hydroxylation sites is 1. The molecule has 2 aromatic rings. The fraction of sp³-hybridized carbons (Fsp3) is 0.294. The van der Waals surface area contributed by atoms with Gasteiger partial charge in [0.1, 0.15) is 12.4 Å². The molecule has 0 heterocycles. The third-order valence-corrected chi connectivity index (χ3v) is 3.46. The summed E-state index contributed by atoms with van der Waals surface area (Å²) >= 11 is 0. The molecule has 2 rings (SSSR count). The van der Waals surface area contributed by atoms with Gasteiger partial charge in [0.05, 0.1) is 7.11 Å². The molecule has 21 heavy (non-hydrogen) atoms. The molecule has 0 spiro atoms. The van der Waals surface area contributed by atoms with Gasteiger partial charge in [0.15, 0.2) is 11.6 Å². The number of ether oxygens (including phenoxy) is 2. The lowest BCUT2D eigenvalue weighted by Crippen LogP contribution is -2.13. The fourth-order valence-corrected chi connectivity index (χ4v) is 2.06. The molecular weight excluding hydrogens is 269 g/mol. The summed E-state index contributed by atoms with van der Waals surface area (Å²) in [6, 6.07) is 12.5. The first kappa shape index (κ1) is 15.3. The molecule has 0 aromatic heterocycles. The minimum absolute atomic E-state index is 0.225. The molecule has 0 bridgehead atoms. The van der Waals surface area contributed by atoms with Crippen molar-refractivity contribution in [1.82, 2.24) is 5.32 Å². The molecule has 0 saturated carbocycles. The molecular formula is C17H20FNO2. The van der Waals surface area contributed by atoms with Gasteiger partial charge in [-0.2, -0.15) is 0 Å². The van der Waals surface area contributed by atoms with Crippen LogP contribution in [0.2, 0.25) is 0 Å². The van der Waals surface area contributed by atoms with E-state index < -0.39 is 0 Å². The van der Waals surface area contributed by atoms with Crippen LogP contribution in [-0.2, 0) is 6.61 Å². The third kappa shape index (κ3) is 3.73. The van der Waals surface area contributed by atoms with Gasteiger partial charge >= 0.3 is 0 Å². The number of benzene rings is 2. The highest BCUT2D eigenvalue weighted by Gasteiger charge is 2.10. The highest BCUT2D eigenvalue weighted by molar-refractivity contribution is 5.38. The Kier molecular flexibility index (Phi) is 5.17. The zero-order valence-electron chi connectivity index (χ0n) is 12.5. The molecule has 1 atom stereocenters. The van der Waals surface area contributed by atoms with E-state index in [2.05, 4.69) is 12.2 Å². The van der Waals surface area contributed by atoms with Gasteiger partial charge in [-0.3, -0.25) is 0 Å². The van der Waals surface area contributed by atoms with Crippen molar-refractivity contribution in [1.29, 1.82) is 0 Å². The van der Waals surface area contributed by atoms with E-state index in [1.807, 2.05) is 25.2 Å². The molecule has 0 aliphatic rings. The van der Waals surface area contributed by atoms with Crippen LogP contribution in [0, 0.1) is 5.82 Å². The van der Waals surface area contributed by atoms with Crippen molar-refractivity contribution in [2.75, 3.05) is 14.2 Å². The van der Waals surface area contributed by atoms with Crippen LogP contribution in [0.1, 0.15) is 24.1 Å². The minimum atomic E-state index is -0.365. The van der Waals surface area contributed by atoms with E-state index in [4.69, 9.17) is 9.47 Å². The third-order valence-electron chi connectivity index (χ3n) is 3.46. The standard InChI is InChI=1S/C17H20FNO2/c1-12(19-2)13-8-9-16(20-3)14(10-13)11-21-17-7-5-4-6-15(17)18/h4-10,12,19H,11H2,1-3H3. The maximum Gasteiger partial charge on any atom is 0.165 e. The summed E-state index contributed by atoms with van der Waals surface area (Å²) in [6.07, 6.45) is 0. The van der Waals surface area contributed by atoms with Gasteiger partial charge in [-0.1, -0.05) is 18.2 Å². The van der Waals surface area contributed by atoms with Crippen LogP contribution >= 0.6 is 0 Å². The summed E-state index contributed by atoms with van der Waals surface area (Å²) < 4.78 is 24.5. The second-order valence-corrected chi connectivity index (χ2v) is 4.80. The second kappa shape index (κ2) is 7.09. The van der Waals surface area contributed by atoms with E-state index in [1.54, 1.807) is 25.3 Å². The molecule has 1 unspecified atom stereocenters. The van der Waals surface area contributed by atoms with Crippen molar-refractivity contribution in [3.63, 3.8) is 0 Å². The maximum atomic E-state index is 13.6. The van der Waals surface area contributed by atoms with Gasteiger partial charge < -0.3 is 14.8 Å². The molecule has 3 nitrogen and oxygen atoms in total. The topological polar surface area (TPSA) is 30.5 Å². The molecule has 4 heteroatoms. The van der Waals surface area contributed by atoms with Crippen molar-refractivity contribution in [3.8, 4) is 11.5 Å². The second-order valence-electron chi connectivity index (χ2n) is 4.80. The van der Waals surface area contributed by atoms with E-state index in [0.29, 0.717) is 0 Å². The fourth-order valence-electron chi connectivity index (χ4n) is 2.06. The van der Waals surface area contributed by atoms with Gasteiger partial charge in [-0.25, -0.2) is 4.39 Å².